The van der Waals surface area contributed by atoms with Gasteiger partial charge in [-0.3, -0.25) is 9.59 Å². The van der Waals surface area contributed by atoms with Crippen molar-refractivity contribution in [1.82, 2.24) is 10.2 Å². The topological polar surface area (TPSA) is 58.6 Å². The van der Waals surface area contributed by atoms with Crippen LogP contribution in [0.15, 0.2) is 48.5 Å². The number of hydrogen-bond donors (Lipinski definition) is 1. The molecule has 0 saturated heterocycles. The summed E-state index contributed by atoms with van der Waals surface area (Å²) in [6.07, 6.45) is 3.45. The van der Waals surface area contributed by atoms with Crippen molar-refractivity contribution in [2.24, 2.45) is 0 Å². The van der Waals surface area contributed by atoms with Crippen molar-refractivity contribution in [1.29, 1.82) is 0 Å². The van der Waals surface area contributed by atoms with Crippen molar-refractivity contribution in [2.45, 2.75) is 65.5 Å². The van der Waals surface area contributed by atoms with E-state index >= 15 is 0 Å². The predicted octanol–water partition coefficient (Wildman–Crippen LogP) is 4.52. The van der Waals surface area contributed by atoms with E-state index in [1.54, 1.807) is 12.0 Å². The van der Waals surface area contributed by atoms with Crippen molar-refractivity contribution in [3.05, 3.63) is 65.2 Å². The smallest absolute Gasteiger partial charge is 0.242 e. The third-order valence-electron chi connectivity index (χ3n) is 5.48. The van der Waals surface area contributed by atoms with Crippen LogP contribution < -0.4 is 10.1 Å². The van der Waals surface area contributed by atoms with Crippen LogP contribution in [0.4, 0.5) is 0 Å². The van der Waals surface area contributed by atoms with Crippen LogP contribution in [0.5, 0.6) is 5.75 Å². The van der Waals surface area contributed by atoms with Gasteiger partial charge in [0.2, 0.25) is 11.8 Å². The average molecular weight is 425 g/mol. The van der Waals surface area contributed by atoms with E-state index in [4.69, 9.17) is 4.74 Å². The third kappa shape index (κ3) is 7.42. The van der Waals surface area contributed by atoms with Gasteiger partial charge in [-0.15, -0.1) is 0 Å². The molecular formula is C26H36N2O3. The van der Waals surface area contributed by atoms with Crippen molar-refractivity contribution in [3.8, 4) is 5.75 Å². The zero-order valence-corrected chi connectivity index (χ0v) is 19.3. The van der Waals surface area contributed by atoms with Crippen LogP contribution in [0.2, 0.25) is 0 Å². The van der Waals surface area contributed by atoms with Crippen LogP contribution >= 0.6 is 0 Å². The number of hydrogen-bond acceptors (Lipinski definition) is 3. The van der Waals surface area contributed by atoms with Gasteiger partial charge in [0.25, 0.3) is 0 Å². The van der Waals surface area contributed by atoms with E-state index in [2.05, 4.69) is 36.5 Å². The lowest BCUT2D eigenvalue weighted by Crippen LogP contribution is -2.49. The van der Waals surface area contributed by atoms with Crippen molar-refractivity contribution >= 4 is 11.8 Å². The summed E-state index contributed by atoms with van der Waals surface area (Å²) in [5.74, 6) is 0.637. The minimum atomic E-state index is -0.493. The number of carbonyl (C=O) groups is 2. The van der Waals surface area contributed by atoms with E-state index in [1.807, 2.05) is 38.1 Å². The normalized spacial score (nSPS) is 11.6. The van der Waals surface area contributed by atoms with Crippen LogP contribution in [0, 0.1) is 0 Å². The molecule has 31 heavy (non-hydrogen) atoms. The molecule has 1 N–H and O–H groups in total. The number of ether oxygens (including phenoxy) is 1. The van der Waals surface area contributed by atoms with Crippen LogP contribution in [0.3, 0.4) is 0 Å². The number of nitrogens with zero attached hydrogens (tertiary/aromatic N) is 1. The Kier molecular flexibility index (Phi) is 10.1. The first kappa shape index (κ1) is 24.4. The Hall–Kier alpha value is -2.82. The van der Waals surface area contributed by atoms with Crippen LogP contribution in [-0.4, -0.2) is 36.4 Å². The molecule has 2 rings (SSSR count). The molecule has 0 aliphatic heterocycles. The van der Waals surface area contributed by atoms with Gasteiger partial charge in [-0.2, -0.15) is 0 Å². The summed E-state index contributed by atoms with van der Waals surface area (Å²) >= 11 is 0. The molecule has 5 heteroatoms. The summed E-state index contributed by atoms with van der Waals surface area (Å²) in [6, 6.07) is 15.6. The molecule has 1 unspecified atom stereocenters. The zero-order valence-electron chi connectivity index (χ0n) is 19.3. The molecule has 168 valence electrons. The fourth-order valence-electron chi connectivity index (χ4n) is 3.59. The number of carbonyl (C=O) groups excluding carboxylic acids is 2. The molecule has 0 radical (unpaired) electrons. The van der Waals surface area contributed by atoms with E-state index in [1.165, 1.54) is 5.56 Å². The number of amides is 2. The fraction of sp³-hybridized carbons (Fsp3) is 0.462. The fourth-order valence-corrected chi connectivity index (χ4v) is 3.59. The third-order valence-corrected chi connectivity index (χ3v) is 5.48. The Balaban J connectivity index is 2.18. The van der Waals surface area contributed by atoms with E-state index in [-0.39, 0.29) is 11.8 Å². The molecule has 0 heterocycles. The maximum atomic E-state index is 13.3. The van der Waals surface area contributed by atoms with Gasteiger partial charge in [0.15, 0.2) is 0 Å². The zero-order chi connectivity index (χ0) is 22.6. The lowest BCUT2D eigenvalue weighted by molar-refractivity contribution is -0.141. The number of rotatable bonds is 12. The summed E-state index contributed by atoms with van der Waals surface area (Å²) in [5, 5.41) is 2.96. The Morgan fingerprint density at radius 3 is 2.32 bits per heavy atom. The number of methoxy groups -OCH3 is 1. The Morgan fingerprint density at radius 1 is 1.00 bits per heavy atom. The van der Waals surface area contributed by atoms with Crippen molar-refractivity contribution in [3.63, 3.8) is 0 Å². The van der Waals surface area contributed by atoms with Gasteiger partial charge in [-0.1, -0.05) is 57.2 Å². The second kappa shape index (κ2) is 12.8. The van der Waals surface area contributed by atoms with Gasteiger partial charge < -0.3 is 15.0 Å². The molecule has 2 amide bonds. The van der Waals surface area contributed by atoms with Gasteiger partial charge in [0.05, 0.1) is 7.11 Å². The number of aryl methyl sites for hydroxylation is 2. The number of benzene rings is 2. The highest BCUT2D eigenvalue weighted by Crippen LogP contribution is 2.19. The SMILES string of the molecule is CCCNC(=O)C(CC)N(Cc1cccc(OC)c1)C(=O)CCc1ccc(CC)cc1. The first-order valence-electron chi connectivity index (χ1n) is 11.3. The minimum Gasteiger partial charge on any atom is -0.497 e. The minimum absolute atomic E-state index is 0.0131. The second-order valence-electron chi connectivity index (χ2n) is 7.76. The van der Waals surface area contributed by atoms with Crippen LogP contribution in [-0.2, 0) is 29.0 Å². The van der Waals surface area contributed by atoms with Crippen LogP contribution in [0.25, 0.3) is 0 Å². The molecular weight excluding hydrogens is 388 g/mol. The highest BCUT2D eigenvalue weighted by molar-refractivity contribution is 5.87. The van der Waals surface area contributed by atoms with Crippen molar-refractivity contribution in [2.75, 3.05) is 13.7 Å². The number of nitrogens with one attached hydrogen (secondary N) is 1. The highest BCUT2D eigenvalue weighted by atomic mass is 16.5. The summed E-state index contributed by atoms with van der Waals surface area (Å²) < 4.78 is 5.33. The maximum Gasteiger partial charge on any atom is 0.242 e. The van der Waals surface area contributed by atoms with E-state index < -0.39 is 6.04 Å². The van der Waals surface area contributed by atoms with Gasteiger partial charge in [-0.25, -0.2) is 0 Å². The van der Waals surface area contributed by atoms with E-state index in [9.17, 15) is 9.59 Å². The molecule has 0 aromatic heterocycles. The largest absolute Gasteiger partial charge is 0.497 e. The molecule has 0 bridgehead atoms. The molecule has 2 aromatic carbocycles. The maximum absolute atomic E-state index is 13.3. The molecule has 0 fully saturated rings. The Labute approximate surface area is 186 Å². The molecule has 2 aromatic rings. The summed E-state index contributed by atoms with van der Waals surface area (Å²) in [4.78, 5) is 27.8. The van der Waals surface area contributed by atoms with E-state index in [0.29, 0.717) is 32.4 Å². The first-order valence-corrected chi connectivity index (χ1v) is 11.3. The lowest BCUT2D eigenvalue weighted by Gasteiger charge is -2.31. The summed E-state index contributed by atoms with van der Waals surface area (Å²) in [6.45, 7) is 7.09. The van der Waals surface area contributed by atoms with Crippen molar-refractivity contribution < 1.29 is 14.3 Å². The van der Waals surface area contributed by atoms with Gasteiger partial charge in [0, 0.05) is 19.5 Å². The van der Waals surface area contributed by atoms with Gasteiger partial charge >= 0.3 is 0 Å². The Morgan fingerprint density at radius 2 is 1.71 bits per heavy atom. The predicted molar refractivity (Wildman–Crippen MR) is 125 cm³/mol. The summed E-state index contributed by atoms with van der Waals surface area (Å²) in [7, 11) is 1.62. The monoisotopic (exact) mass is 424 g/mol. The molecule has 0 spiro atoms. The quantitative estimate of drug-likeness (QED) is 0.545. The van der Waals surface area contributed by atoms with Gasteiger partial charge in [-0.05, 0) is 54.5 Å². The molecule has 0 aliphatic rings. The van der Waals surface area contributed by atoms with Crippen LogP contribution in [0.1, 0.15) is 56.7 Å². The average Bonchev–Trinajstić information content (AvgIpc) is 2.81. The molecule has 5 nitrogen and oxygen atoms in total. The molecule has 1 atom stereocenters. The van der Waals surface area contributed by atoms with E-state index in [0.717, 1.165) is 29.7 Å². The lowest BCUT2D eigenvalue weighted by atomic mass is 10.0. The Bertz CT molecular complexity index is 833. The second-order valence-corrected chi connectivity index (χ2v) is 7.76. The standard InChI is InChI=1S/C26H36N2O3/c1-5-17-27-26(30)24(7-3)28(19-22-9-8-10-23(18-22)31-4)25(29)16-15-21-13-11-20(6-2)12-14-21/h8-14,18,24H,5-7,15-17,19H2,1-4H3,(H,27,30). The molecule has 0 saturated carbocycles. The summed E-state index contributed by atoms with van der Waals surface area (Å²) in [5.41, 5.74) is 3.37. The first-order chi connectivity index (χ1) is 15.0. The molecule has 0 aliphatic carbocycles. The highest BCUT2D eigenvalue weighted by Gasteiger charge is 2.28. The van der Waals surface area contributed by atoms with Gasteiger partial charge in [0.1, 0.15) is 11.8 Å².